The number of carbonyl (C=O) groups excluding carboxylic acids is 1. The van der Waals surface area contributed by atoms with E-state index in [4.69, 9.17) is 14.2 Å². The Labute approximate surface area is 207 Å². The summed E-state index contributed by atoms with van der Waals surface area (Å²) >= 11 is 0. The Kier molecular flexibility index (Phi) is 7.05. The predicted octanol–water partition coefficient (Wildman–Crippen LogP) is 5.37. The number of fused-ring (bicyclic) bond motifs is 1. The van der Waals surface area contributed by atoms with Gasteiger partial charge in [0.15, 0.2) is 11.5 Å². The maximum atomic E-state index is 13.4. The highest BCUT2D eigenvalue weighted by molar-refractivity contribution is 5.94. The van der Waals surface area contributed by atoms with Crippen molar-refractivity contribution in [3.8, 4) is 11.5 Å². The summed E-state index contributed by atoms with van der Waals surface area (Å²) < 4.78 is 17.9. The highest BCUT2D eigenvalue weighted by atomic mass is 16.5. The molecular formula is C30H33NO4. The van der Waals surface area contributed by atoms with Gasteiger partial charge in [-0.25, -0.2) is 0 Å². The lowest BCUT2D eigenvalue weighted by atomic mass is 10.1. The summed E-state index contributed by atoms with van der Waals surface area (Å²) in [5, 5.41) is 0. The van der Waals surface area contributed by atoms with Crippen LogP contribution in [0.3, 0.4) is 0 Å². The van der Waals surface area contributed by atoms with Crippen molar-refractivity contribution in [3.05, 3.63) is 94.5 Å². The van der Waals surface area contributed by atoms with Crippen molar-refractivity contribution in [2.75, 3.05) is 20.3 Å². The number of ether oxygens (including phenoxy) is 3. The molecule has 35 heavy (non-hydrogen) atoms. The van der Waals surface area contributed by atoms with Gasteiger partial charge in [0.1, 0.15) is 6.10 Å². The van der Waals surface area contributed by atoms with E-state index >= 15 is 0 Å². The molecule has 1 fully saturated rings. The molecule has 5 rings (SSSR count). The highest BCUT2D eigenvalue weighted by Gasteiger charge is 2.26. The van der Waals surface area contributed by atoms with Crippen LogP contribution in [0.15, 0.2) is 66.7 Å². The number of amides is 1. The number of benzene rings is 3. The Bertz CT molecular complexity index is 1140. The van der Waals surface area contributed by atoms with Crippen LogP contribution in [0.1, 0.15) is 45.5 Å². The molecule has 5 heteroatoms. The Morgan fingerprint density at radius 3 is 2.40 bits per heavy atom. The summed E-state index contributed by atoms with van der Waals surface area (Å²) in [6.07, 6.45) is 4.02. The molecule has 0 radical (unpaired) electrons. The summed E-state index contributed by atoms with van der Waals surface area (Å²) in [7, 11) is 1.66. The van der Waals surface area contributed by atoms with Gasteiger partial charge in [-0.05, 0) is 60.7 Å². The third kappa shape index (κ3) is 5.51. The Morgan fingerprint density at radius 2 is 1.74 bits per heavy atom. The molecule has 1 aliphatic heterocycles. The molecule has 1 atom stereocenters. The monoisotopic (exact) mass is 471 g/mol. The second kappa shape index (κ2) is 10.5. The van der Waals surface area contributed by atoms with E-state index in [1.807, 2.05) is 54.3 Å². The fourth-order valence-electron chi connectivity index (χ4n) is 5.04. The Morgan fingerprint density at radius 1 is 1.00 bits per heavy atom. The van der Waals surface area contributed by atoms with E-state index in [2.05, 4.69) is 24.3 Å². The van der Waals surface area contributed by atoms with Gasteiger partial charge < -0.3 is 19.1 Å². The highest BCUT2D eigenvalue weighted by Crippen LogP contribution is 2.33. The summed E-state index contributed by atoms with van der Waals surface area (Å²) in [6, 6.07) is 22.3. The molecule has 0 aromatic heterocycles. The fraction of sp³-hybridized carbons (Fsp3) is 0.367. The van der Waals surface area contributed by atoms with Crippen LogP contribution >= 0.6 is 0 Å². The molecule has 182 valence electrons. The van der Waals surface area contributed by atoms with Crippen LogP contribution in [0, 0.1) is 6.92 Å². The van der Waals surface area contributed by atoms with Crippen molar-refractivity contribution in [2.45, 2.75) is 51.4 Å². The number of carbonyl (C=O) groups is 1. The van der Waals surface area contributed by atoms with E-state index in [0.717, 1.165) is 49.2 Å². The van der Waals surface area contributed by atoms with Gasteiger partial charge in [-0.2, -0.15) is 0 Å². The summed E-state index contributed by atoms with van der Waals surface area (Å²) in [5.41, 5.74) is 5.54. The first-order valence-electron chi connectivity index (χ1n) is 12.5. The van der Waals surface area contributed by atoms with Crippen molar-refractivity contribution < 1.29 is 19.0 Å². The van der Waals surface area contributed by atoms with E-state index in [9.17, 15) is 4.79 Å². The Balaban J connectivity index is 1.32. The van der Waals surface area contributed by atoms with Gasteiger partial charge in [-0.1, -0.05) is 48.0 Å². The van der Waals surface area contributed by atoms with Crippen LogP contribution < -0.4 is 9.47 Å². The van der Waals surface area contributed by atoms with Gasteiger partial charge >= 0.3 is 0 Å². The van der Waals surface area contributed by atoms with E-state index in [1.165, 1.54) is 11.1 Å². The van der Waals surface area contributed by atoms with Crippen molar-refractivity contribution in [3.63, 3.8) is 0 Å². The number of hydrogen-bond acceptors (Lipinski definition) is 4. The Hall–Kier alpha value is -3.31. The first kappa shape index (κ1) is 23.4. The SMILES string of the molecule is COc1cc(CN(C[C@@H]2CCCO2)C(=O)c2ccc(C)cc2)ccc1OC1Cc2ccccc2C1. The smallest absolute Gasteiger partial charge is 0.254 e. The van der Waals surface area contributed by atoms with Gasteiger partial charge in [0, 0.05) is 38.1 Å². The number of rotatable bonds is 8. The lowest BCUT2D eigenvalue weighted by Gasteiger charge is -2.26. The van der Waals surface area contributed by atoms with E-state index in [1.54, 1.807) is 7.11 Å². The molecule has 1 aliphatic carbocycles. The molecular weight excluding hydrogens is 438 g/mol. The van der Waals surface area contributed by atoms with Gasteiger partial charge in [-0.15, -0.1) is 0 Å². The van der Waals surface area contributed by atoms with Gasteiger partial charge in [0.2, 0.25) is 0 Å². The fourth-order valence-corrected chi connectivity index (χ4v) is 5.04. The maximum absolute atomic E-state index is 13.4. The van der Waals surface area contributed by atoms with E-state index < -0.39 is 0 Å². The maximum Gasteiger partial charge on any atom is 0.254 e. The molecule has 0 N–H and O–H groups in total. The van der Waals surface area contributed by atoms with E-state index in [-0.39, 0.29) is 18.1 Å². The molecule has 3 aromatic carbocycles. The minimum atomic E-state index is 0.0171. The van der Waals surface area contributed by atoms with Gasteiger partial charge in [0.25, 0.3) is 5.91 Å². The predicted molar refractivity (Wildman–Crippen MR) is 136 cm³/mol. The zero-order valence-corrected chi connectivity index (χ0v) is 20.5. The molecule has 0 saturated carbocycles. The zero-order chi connectivity index (χ0) is 24.2. The molecule has 1 amide bonds. The van der Waals surface area contributed by atoms with E-state index in [0.29, 0.717) is 24.4 Å². The largest absolute Gasteiger partial charge is 0.493 e. The van der Waals surface area contributed by atoms with Gasteiger partial charge in [0.05, 0.1) is 13.2 Å². The average Bonchev–Trinajstić information content (AvgIpc) is 3.54. The van der Waals surface area contributed by atoms with Crippen molar-refractivity contribution in [1.82, 2.24) is 4.90 Å². The first-order valence-corrected chi connectivity index (χ1v) is 12.5. The van der Waals surface area contributed by atoms with Crippen LogP contribution in [0.5, 0.6) is 11.5 Å². The third-order valence-corrected chi connectivity index (χ3v) is 6.94. The minimum absolute atomic E-state index is 0.0171. The quantitative estimate of drug-likeness (QED) is 0.443. The second-order valence-corrected chi connectivity index (χ2v) is 9.59. The van der Waals surface area contributed by atoms with Crippen LogP contribution in [-0.2, 0) is 24.1 Å². The van der Waals surface area contributed by atoms with Gasteiger partial charge in [-0.3, -0.25) is 4.79 Å². The summed E-state index contributed by atoms with van der Waals surface area (Å²) in [4.78, 5) is 15.3. The number of methoxy groups -OCH3 is 1. The molecule has 0 spiro atoms. The van der Waals surface area contributed by atoms with Crippen LogP contribution in [0.2, 0.25) is 0 Å². The molecule has 1 heterocycles. The molecule has 1 saturated heterocycles. The second-order valence-electron chi connectivity index (χ2n) is 9.59. The molecule has 5 nitrogen and oxygen atoms in total. The average molecular weight is 472 g/mol. The lowest BCUT2D eigenvalue weighted by Crippen LogP contribution is -2.37. The van der Waals surface area contributed by atoms with Crippen molar-refractivity contribution in [1.29, 1.82) is 0 Å². The van der Waals surface area contributed by atoms with Crippen LogP contribution in [0.4, 0.5) is 0 Å². The molecule has 3 aromatic rings. The molecule has 0 bridgehead atoms. The van der Waals surface area contributed by atoms with Crippen molar-refractivity contribution >= 4 is 5.91 Å². The minimum Gasteiger partial charge on any atom is -0.493 e. The van der Waals surface area contributed by atoms with Crippen LogP contribution in [-0.4, -0.2) is 43.3 Å². The summed E-state index contributed by atoms with van der Waals surface area (Å²) in [6.45, 7) is 3.85. The molecule has 0 unspecified atom stereocenters. The van der Waals surface area contributed by atoms with Crippen molar-refractivity contribution in [2.24, 2.45) is 0 Å². The lowest BCUT2D eigenvalue weighted by molar-refractivity contribution is 0.0507. The first-order chi connectivity index (χ1) is 17.1. The molecule has 2 aliphatic rings. The number of hydrogen-bond donors (Lipinski definition) is 0. The topological polar surface area (TPSA) is 48.0 Å². The number of nitrogens with zero attached hydrogens (tertiary/aromatic N) is 1. The normalized spacial score (nSPS) is 17.3. The zero-order valence-electron chi connectivity index (χ0n) is 20.5. The third-order valence-electron chi connectivity index (χ3n) is 6.94. The number of aryl methyl sites for hydroxylation is 1. The summed E-state index contributed by atoms with van der Waals surface area (Å²) in [5.74, 6) is 1.45. The standard InChI is InChI=1S/C30H33NO4/c1-21-9-12-23(13-10-21)30(32)31(20-26-8-5-15-34-26)19-22-11-14-28(29(16-22)33-2)35-27-17-24-6-3-4-7-25(24)18-27/h3-4,6-7,9-14,16,26-27H,5,8,15,17-20H2,1-2H3/t26-/m0/s1. The van der Waals surface area contributed by atoms with Crippen LogP contribution in [0.25, 0.3) is 0 Å².